The number of hydrogen-bond donors (Lipinski definition) is 1. The van der Waals surface area contributed by atoms with Crippen LogP contribution in [0.4, 0.5) is 0 Å². The molecule has 0 aliphatic carbocycles. The highest BCUT2D eigenvalue weighted by atomic mass is 16.1. The Balaban J connectivity index is 2.53. The van der Waals surface area contributed by atoms with Crippen molar-refractivity contribution in [1.29, 1.82) is 0 Å². The van der Waals surface area contributed by atoms with E-state index in [1.54, 1.807) is 6.07 Å². The number of rotatable bonds is 3. The second kappa shape index (κ2) is 4.08. The summed E-state index contributed by atoms with van der Waals surface area (Å²) in [6.45, 7) is 6.19. The van der Waals surface area contributed by atoms with Crippen LogP contribution in [-0.4, -0.2) is 19.6 Å². The zero-order valence-corrected chi connectivity index (χ0v) is 9.82. The first kappa shape index (κ1) is 10.9. The van der Waals surface area contributed by atoms with Gasteiger partial charge in [-0.1, -0.05) is 20.8 Å². The molecule has 2 aromatic rings. The van der Waals surface area contributed by atoms with Crippen molar-refractivity contribution in [3.8, 4) is 0 Å². The highest BCUT2D eigenvalue weighted by Gasteiger charge is 2.07. The molecule has 2 rings (SSSR count). The smallest absolute Gasteiger partial charge is 0.274 e. The van der Waals surface area contributed by atoms with Crippen LogP contribution in [0, 0.1) is 5.92 Å². The van der Waals surface area contributed by atoms with Crippen molar-refractivity contribution in [2.45, 2.75) is 33.6 Å². The molecule has 0 radical (unpaired) electrons. The lowest BCUT2D eigenvalue weighted by Gasteiger charge is -2.02. The van der Waals surface area contributed by atoms with Gasteiger partial charge < -0.3 is 0 Å². The van der Waals surface area contributed by atoms with Crippen molar-refractivity contribution >= 4 is 5.78 Å². The summed E-state index contributed by atoms with van der Waals surface area (Å²) in [5.41, 5.74) is 0.724. The lowest BCUT2D eigenvalue weighted by Crippen LogP contribution is -2.16. The highest BCUT2D eigenvalue weighted by molar-refractivity contribution is 5.28. The van der Waals surface area contributed by atoms with Gasteiger partial charge in [-0.05, 0) is 12.3 Å². The molecule has 0 fully saturated rings. The normalized spacial score (nSPS) is 11.5. The van der Waals surface area contributed by atoms with Crippen LogP contribution < -0.4 is 5.56 Å². The van der Waals surface area contributed by atoms with E-state index >= 15 is 0 Å². The minimum absolute atomic E-state index is 0.0900. The Hall–Kier alpha value is -1.65. The number of aromatic nitrogens is 4. The third kappa shape index (κ3) is 1.98. The van der Waals surface area contributed by atoms with Crippen LogP contribution >= 0.6 is 0 Å². The molecule has 0 amide bonds. The van der Waals surface area contributed by atoms with Crippen molar-refractivity contribution in [2.24, 2.45) is 5.92 Å². The van der Waals surface area contributed by atoms with Crippen molar-refractivity contribution in [1.82, 2.24) is 19.6 Å². The van der Waals surface area contributed by atoms with E-state index in [0.717, 1.165) is 24.4 Å². The SMILES string of the molecule is CCc1nc2nc(CC(C)C)cc(=O)n2[nH]1. The van der Waals surface area contributed by atoms with Gasteiger partial charge in [-0.2, -0.15) is 9.50 Å². The maximum absolute atomic E-state index is 11.8. The molecule has 5 heteroatoms. The maximum Gasteiger partial charge on any atom is 0.274 e. The lowest BCUT2D eigenvalue weighted by atomic mass is 10.1. The molecular weight excluding hydrogens is 204 g/mol. The molecule has 0 bridgehead atoms. The summed E-state index contributed by atoms with van der Waals surface area (Å²) in [7, 11) is 0. The van der Waals surface area contributed by atoms with E-state index in [-0.39, 0.29) is 5.56 Å². The van der Waals surface area contributed by atoms with Crippen LogP contribution in [0.15, 0.2) is 10.9 Å². The number of aryl methyl sites for hydroxylation is 1. The number of fused-ring (bicyclic) bond motifs is 1. The Morgan fingerprint density at radius 1 is 1.44 bits per heavy atom. The second-order valence-electron chi connectivity index (χ2n) is 4.34. The van der Waals surface area contributed by atoms with Gasteiger partial charge in [0, 0.05) is 12.5 Å². The molecule has 0 spiro atoms. The molecule has 0 saturated heterocycles. The third-order valence-corrected chi connectivity index (χ3v) is 2.38. The Bertz CT molecular complexity index is 553. The molecule has 2 aromatic heterocycles. The van der Waals surface area contributed by atoms with Gasteiger partial charge in [0.1, 0.15) is 5.82 Å². The minimum Gasteiger partial charge on any atom is -0.275 e. The molecule has 1 N–H and O–H groups in total. The van der Waals surface area contributed by atoms with Crippen molar-refractivity contribution in [2.75, 3.05) is 0 Å². The first-order chi connectivity index (χ1) is 7.60. The predicted octanol–water partition coefficient (Wildman–Crippen LogP) is 1.18. The van der Waals surface area contributed by atoms with Crippen LogP contribution in [0.25, 0.3) is 5.78 Å². The molecule has 0 aliphatic rings. The quantitative estimate of drug-likeness (QED) is 0.844. The topological polar surface area (TPSA) is 63.1 Å². The number of aromatic amines is 1. The molecule has 0 atom stereocenters. The number of hydrogen-bond acceptors (Lipinski definition) is 3. The molecular formula is C11H16N4O. The fraction of sp³-hybridized carbons (Fsp3) is 0.545. The first-order valence-corrected chi connectivity index (χ1v) is 5.57. The summed E-state index contributed by atoms with van der Waals surface area (Å²) in [4.78, 5) is 20.4. The number of nitrogens with one attached hydrogen (secondary N) is 1. The molecule has 16 heavy (non-hydrogen) atoms. The molecule has 0 saturated carbocycles. The van der Waals surface area contributed by atoms with Crippen LogP contribution in [0.2, 0.25) is 0 Å². The zero-order valence-electron chi connectivity index (χ0n) is 9.82. The second-order valence-corrected chi connectivity index (χ2v) is 4.34. The van der Waals surface area contributed by atoms with E-state index in [9.17, 15) is 4.79 Å². The van der Waals surface area contributed by atoms with Crippen molar-refractivity contribution in [3.63, 3.8) is 0 Å². The summed E-state index contributed by atoms with van der Waals surface area (Å²) >= 11 is 0. The fourth-order valence-corrected chi connectivity index (χ4v) is 1.65. The Morgan fingerprint density at radius 3 is 2.81 bits per heavy atom. The van der Waals surface area contributed by atoms with Crippen LogP contribution in [0.3, 0.4) is 0 Å². The average molecular weight is 220 g/mol. The van der Waals surface area contributed by atoms with E-state index in [1.807, 2.05) is 6.92 Å². The summed E-state index contributed by atoms with van der Waals surface area (Å²) in [6.07, 6.45) is 1.57. The van der Waals surface area contributed by atoms with Gasteiger partial charge in [0.15, 0.2) is 0 Å². The van der Waals surface area contributed by atoms with E-state index < -0.39 is 0 Å². The number of nitrogens with zero attached hydrogens (tertiary/aromatic N) is 3. The summed E-state index contributed by atoms with van der Waals surface area (Å²) in [5.74, 6) is 1.74. The van der Waals surface area contributed by atoms with Gasteiger partial charge >= 0.3 is 0 Å². The highest BCUT2D eigenvalue weighted by Crippen LogP contribution is 2.04. The monoisotopic (exact) mass is 220 g/mol. The van der Waals surface area contributed by atoms with Crippen LogP contribution in [0.5, 0.6) is 0 Å². The predicted molar refractivity (Wildman–Crippen MR) is 61.5 cm³/mol. The Labute approximate surface area is 93.5 Å². The molecule has 0 aromatic carbocycles. The standard InChI is InChI=1S/C11H16N4O/c1-4-9-13-11-12-8(5-7(2)3)6-10(16)15(11)14-9/h6-7H,4-5H2,1-3H3,(H,12,13,14). The average Bonchev–Trinajstić information content (AvgIpc) is 2.60. The van der Waals surface area contributed by atoms with Crippen LogP contribution in [0.1, 0.15) is 32.3 Å². The maximum atomic E-state index is 11.8. The summed E-state index contributed by atoms with van der Waals surface area (Å²) < 4.78 is 1.39. The lowest BCUT2D eigenvalue weighted by molar-refractivity contribution is 0.633. The fourth-order valence-electron chi connectivity index (χ4n) is 1.65. The molecule has 5 nitrogen and oxygen atoms in total. The number of H-pyrrole nitrogens is 1. The largest absolute Gasteiger partial charge is 0.275 e. The zero-order chi connectivity index (χ0) is 11.7. The van der Waals surface area contributed by atoms with Gasteiger partial charge in [0.2, 0.25) is 0 Å². The van der Waals surface area contributed by atoms with Crippen LogP contribution in [-0.2, 0) is 12.8 Å². The minimum atomic E-state index is -0.0900. The third-order valence-electron chi connectivity index (χ3n) is 2.38. The van der Waals surface area contributed by atoms with E-state index in [1.165, 1.54) is 4.52 Å². The molecule has 0 unspecified atom stereocenters. The van der Waals surface area contributed by atoms with Gasteiger partial charge in [-0.15, -0.1) is 0 Å². The van der Waals surface area contributed by atoms with Crippen molar-refractivity contribution in [3.05, 3.63) is 27.9 Å². The Morgan fingerprint density at radius 2 is 2.19 bits per heavy atom. The van der Waals surface area contributed by atoms with Crippen molar-refractivity contribution < 1.29 is 0 Å². The van der Waals surface area contributed by atoms with Gasteiger partial charge in [-0.25, -0.2) is 4.98 Å². The molecule has 86 valence electrons. The van der Waals surface area contributed by atoms with E-state index in [4.69, 9.17) is 0 Å². The van der Waals surface area contributed by atoms with E-state index in [0.29, 0.717) is 11.7 Å². The first-order valence-electron chi connectivity index (χ1n) is 5.57. The summed E-state index contributed by atoms with van der Waals surface area (Å²) in [5, 5.41) is 2.92. The van der Waals surface area contributed by atoms with Gasteiger partial charge in [0.05, 0.1) is 5.69 Å². The van der Waals surface area contributed by atoms with Gasteiger partial charge in [0.25, 0.3) is 11.3 Å². The van der Waals surface area contributed by atoms with E-state index in [2.05, 4.69) is 28.9 Å². The molecule has 2 heterocycles. The summed E-state index contributed by atoms with van der Waals surface area (Å²) in [6, 6.07) is 1.57. The van der Waals surface area contributed by atoms with Gasteiger partial charge in [-0.3, -0.25) is 9.89 Å². The molecule has 0 aliphatic heterocycles. The Kier molecular flexibility index (Phi) is 2.77.